The second-order valence-electron chi connectivity index (χ2n) is 6.20. The highest BCUT2D eigenvalue weighted by molar-refractivity contribution is 7.89. The number of rotatable bonds is 1. The Morgan fingerprint density at radius 2 is 2.12 bits per heavy atom. The van der Waals surface area contributed by atoms with Crippen molar-refractivity contribution in [2.75, 3.05) is 5.75 Å². The summed E-state index contributed by atoms with van der Waals surface area (Å²) in [5, 5.41) is 0. The highest BCUT2D eigenvalue weighted by atomic mass is 32.2. The summed E-state index contributed by atoms with van der Waals surface area (Å²) in [5.41, 5.74) is -0.0833. The maximum absolute atomic E-state index is 12.2. The van der Waals surface area contributed by atoms with Gasteiger partial charge >= 0.3 is 0 Å². The van der Waals surface area contributed by atoms with Gasteiger partial charge in [0.15, 0.2) is 0 Å². The molecule has 2 saturated carbocycles. The summed E-state index contributed by atoms with van der Waals surface area (Å²) in [6, 6.07) is -0.0114. The van der Waals surface area contributed by atoms with Crippen LogP contribution in [0.15, 0.2) is 6.20 Å². The zero-order chi connectivity index (χ0) is 12.5. The van der Waals surface area contributed by atoms with Crippen LogP contribution in [0.5, 0.6) is 0 Å². The van der Waals surface area contributed by atoms with Crippen molar-refractivity contribution in [1.82, 2.24) is 4.31 Å². The van der Waals surface area contributed by atoms with E-state index in [1.807, 2.05) is 0 Å². The molecule has 0 unspecified atom stereocenters. The van der Waals surface area contributed by atoms with Crippen molar-refractivity contribution in [3.8, 4) is 0 Å². The van der Waals surface area contributed by atoms with Gasteiger partial charge in [0.1, 0.15) is 5.94 Å². The van der Waals surface area contributed by atoms with Crippen molar-refractivity contribution in [3.05, 3.63) is 6.20 Å². The quantitative estimate of drug-likeness (QED) is 0.661. The van der Waals surface area contributed by atoms with E-state index in [4.69, 9.17) is 0 Å². The first-order chi connectivity index (χ1) is 7.85. The molecule has 0 radical (unpaired) electrons. The SMILES string of the molecule is CC1(C)[C@@H]2CC[C@]13CS(=O)(=O)N(C=C=O)[C@@H]3C2. The van der Waals surface area contributed by atoms with E-state index < -0.39 is 10.0 Å². The Kier molecular flexibility index (Phi) is 1.96. The van der Waals surface area contributed by atoms with E-state index in [2.05, 4.69) is 13.8 Å². The standard InChI is InChI=1S/C12H17NO3S/c1-11(2)9-3-4-12(11)8-17(15,16)13(5-6-14)10(12)7-9/h5,9-10H,3-4,7-8H2,1-2H3/t9-,10-,12-/m1/s1. The molecule has 0 amide bonds. The molecule has 94 valence electrons. The highest BCUT2D eigenvalue weighted by Gasteiger charge is 2.71. The van der Waals surface area contributed by atoms with E-state index in [0.717, 1.165) is 25.5 Å². The Balaban J connectivity index is 2.15. The second-order valence-corrected chi connectivity index (χ2v) is 8.07. The first-order valence-electron chi connectivity index (χ1n) is 6.07. The van der Waals surface area contributed by atoms with Gasteiger partial charge in [-0.3, -0.25) is 4.31 Å². The fourth-order valence-corrected chi connectivity index (χ4v) is 6.93. The summed E-state index contributed by atoms with van der Waals surface area (Å²) < 4.78 is 25.6. The summed E-state index contributed by atoms with van der Waals surface area (Å²) in [5.74, 6) is 2.42. The van der Waals surface area contributed by atoms with Crippen molar-refractivity contribution in [3.63, 3.8) is 0 Å². The molecule has 4 nitrogen and oxygen atoms in total. The van der Waals surface area contributed by atoms with Crippen molar-refractivity contribution in [2.24, 2.45) is 16.7 Å². The van der Waals surface area contributed by atoms with Gasteiger partial charge in [-0.2, -0.15) is 0 Å². The molecule has 1 saturated heterocycles. The zero-order valence-electron chi connectivity index (χ0n) is 10.1. The van der Waals surface area contributed by atoms with E-state index in [9.17, 15) is 13.2 Å². The fraction of sp³-hybridized carbons (Fsp3) is 0.833. The molecule has 2 bridgehead atoms. The summed E-state index contributed by atoms with van der Waals surface area (Å²) in [4.78, 5) is 10.5. The van der Waals surface area contributed by atoms with Crippen LogP contribution in [0.3, 0.4) is 0 Å². The monoisotopic (exact) mass is 255 g/mol. The minimum atomic E-state index is -3.31. The molecule has 3 rings (SSSR count). The average molecular weight is 255 g/mol. The number of carbonyl (C=O) groups excluding carboxylic acids is 1. The highest BCUT2D eigenvalue weighted by Crippen LogP contribution is 2.69. The Hall–Kier alpha value is -0.800. The molecule has 0 aromatic heterocycles. The van der Waals surface area contributed by atoms with Gasteiger partial charge < -0.3 is 0 Å². The van der Waals surface area contributed by atoms with Crippen molar-refractivity contribution in [2.45, 2.75) is 39.2 Å². The van der Waals surface area contributed by atoms with E-state index in [0.29, 0.717) is 5.92 Å². The summed E-state index contributed by atoms with van der Waals surface area (Å²) >= 11 is 0. The molecule has 3 aliphatic rings. The van der Waals surface area contributed by atoms with E-state index in [1.165, 1.54) is 4.31 Å². The second kappa shape index (κ2) is 2.96. The minimum Gasteiger partial charge on any atom is -0.263 e. The van der Waals surface area contributed by atoms with Crippen molar-refractivity contribution < 1.29 is 13.2 Å². The van der Waals surface area contributed by atoms with Crippen molar-refractivity contribution in [1.29, 1.82) is 0 Å². The Bertz CT molecular complexity index is 518. The van der Waals surface area contributed by atoms with Gasteiger partial charge in [-0.15, -0.1) is 0 Å². The number of fused-ring (bicyclic) bond motifs is 1. The average Bonchev–Trinajstić information content (AvgIpc) is 2.68. The molecule has 17 heavy (non-hydrogen) atoms. The van der Waals surface area contributed by atoms with Crippen LogP contribution in [0, 0.1) is 16.7 Å². The normalized spacial score (nSPS) is 44.5. The molecule has 0 aromatic carbocycles. The third-order valence-corrected chi connectivity index (χ3v) is 7.52. The lowest BCUT2D eigenvalue weighted by atomic mass is 9.69. The lowest BCUT2D eigenvalue weighted by molar-refractivity contribution is 0.126. The van der Waals surface area contributed by atoms with E-state index in [-0.39, 0.29) is 22.6 Å². The zero-order valence-corrected chi connectivity index (χ0v) is 11.0. The molecule has 0 aromatic rings. The van der Waals surface area contributed by atoms with Crippen LogP contribution in [0.1, 0.15) is 33.1 Å². The van der Waals surface area contributed by atoms with Crippen LogP contribution in [-0.2, 0) is 14.8 Å². The summed E-state index contributed by atoms with van der Waals surface area (Å²) in [7, 11) is -3.31. The maximum atomic E-state index is 12.2. The molecule has 2 aliphatic carbocycles. The van der Waals surface area contributed by atoms with Gasteiger partial charge in [-0.25, -0.2) is 13.2 Å². The van der Waals surface area contributed by atoms with Gasteiger partial charge in [0.25, 0.3) is 0 Å². The predicted molar refractivity (Wildman–Crippen MR) is 63.2 cm³/mol. The lowest BCUT2D eigenvalue weighted by Gasteiger charge is -2.36. The summed E-state index contributed by atoms with van der Waals surface area (Å²) in [6.45, 7) is 4.38. The Labute approximate surface area is 102 Å². The van der Waals surface area contributed by atoms with Crippen LogP contribution < -0.4 is 0 Å². The molecular formula is C12H17NO3S. The molecule has 3 atom stereocenters. The molecule has 3 fully saturated rings. The fourth-order valence-electron chi connectivity index (χ4n) is 4.54. The number of sulfonamides is 1. The van der Waals surface area contributed by atoms with Gasteiger partial charge in [-0.1, -0.05) is 13.8 Å². The van der Waals surface area contributed by atoms with E-state index in [1.54, 1.807) is 5.94 Å². The molecule has 1 spiro atoms. The van der Waals surface area contributed by atoms with Crippen molar-refractivity contribution >= 4 is 16.0 Å². The number of hydrogen-bond donors (Lipinski definition) is 0. The first kappa shape index (κ1) is 11.3. The van der Waals surface area contributed by atoms with E-state index >= 15 is 0 Å². The Morgan fingerprint density at radius 3 is 2.71 bits per heavy atom. The maximum Gasteiger partial charge on any atom is 0.236 e. The molecule has 5 heteroatoms. The van der Waals surface area contributed by atoms with Crippen LogP contribution in [-0.4, -0.2) is 30.5 Å². The number of nitrogens with zero attached hydrogens (tertiary/aromatic N) is 1. The molecule has 0 N–H and O–H groups in total. The first-order valence-corrected chi connectivity index (χ1v) is 7.68. The smallest absolute Gasteiger partial charge is 0.236 e. The topological polar surface area (TPSA) is 54.5 Å². The van der Waals surface area contributed by atoms with Crippen LogP contribution in [0.25, 0.3) is 0 Å². The van der Waals surface area contributed by atoms with Crippen LogP contribution in [0.4, 0.5) is 0 Å². The van der Waals surface area contributed by atoms with Gasteiger partial charge in [0.05, 0.1) is 18.0 Å². The van der Waals surface area contributed by atoms with Gasteiger partial charge in [-0.05, 0) is 30.6 Å². The Morgan fingerprint density at radius 1 is 1.41 bits per heavy atom. The molecule has 1 heterocycles. The summed E-state index contributed by atoms with van der Waals surface area (Å²) in [6.07, 6.45) is 4.07. The number of hydrogen-bond acceptors (Lipinski definition) is 3. The van der Waals surface area contributed by atoms with Gasteiger partial charge in [0.2, 0.25) is 10.0 Å². The van der Waals surface area contributed by atoms with Gasteiger partial charge in [0, 0.05) is 5.41 Å². The van der Waals surface area contributed by atoms with Crippen LogP contribution >= 0.6 is 0 Å². The predicted octanol–water partition coefficient (Wildman–Crippen LogP) is 1.17. The lowest BCUT2D eigenvalue weighted by Crippen LogP contribution is -2.40. The minimum absolute atomic E-state index is 0.0114. The third-order valence-electron chi connectivity index (χ3n) is 5.64. The third kappa shape index (κ3) is 1.09. The molecule has 1 aliphatic heterocycles. The molecular weight excluding hydrogens is 238 g/mol. The largest absolute Gasteiger partial charge is 0.263 e. The van der Waals surface area contributed by atoms with Crippen LogP contribution in [0.2, 0.25) is 0 Å².